The van der Waals surface area contributed by atoms with Gasteiger partial charge in [-0.3, -0.25) is 4.79 Å². The van der Waals surface area contributed by atoms with Crippen molar-refractivity contribution in [2.75, 3.05) is 25.1 Å². The summed E-state index contributed by atoms with van der Waals surface area (Å²) in [4.78, 5) is 11.1. The van der Waals surface area contributed by atoms with Crippen molar-refractivity contribution < 1.29 is 18.3 Å². The maximum Gasteiger partial charge on any atom is 0.322 e. The summed E-state index contributed by atoms with van der Waals surface area (Å²) in [5, 5.41) is 9.10. The Balaban J connectivity index is 2.43. The summed E-state index contributed by atoms with van der Waals surface area (Å²) in [6, 6.07) is -0.919. The minimum Gasteiger partial charge on any atom is -0.480 e. The Kier molecular flexibility index (Phi) is 7.86. The number of piperidine rings is 1. The van der Waals surface area contributed by atoms with Crippen molar-refractivity contribution in [3.8, 4) is 0 Å². The third-order valence-electron chi connectivity index (χ3n) is 3.36. The average molecular weight is 324 g/mol. The molecule has 1 rings (SSSR count). The van der Waals surface area contributed by atoms with Gasteiger partial charge in [-0.2, -0.15) is 24.5 Å². The molecule has 1 aliphatic heterocycles. The summed E-state index contributed by atoms with van der Waals surface area (Å²) in [7, 11) is -3.67. The summed E-state index contributed by atoms with van der Waals surface area (Å²) in [6.45, 7) is 0.665. The molecule has 0 amide bonds. The number of rotatable bonds is 9. The molecule has 0 aromatic rings. The Morgan fingerprint density at radius 3 is 2.75 bits per heavy atom. The molecule has 1 aliphatic rings. The van der Waals surface area contributed by atoms with Gasteiger partial charge in [0.25, 0.3) is 10.2 Å². The van der Waals surface area contributed by atoms with E-state index < -0.39 is 22.2 Å². The van der Waals surface area contributed by atoms with E-state index in [9.17, 15) is 13.2 Å². The Bertz CT molecular complexity index is 400. The zero-order valence-corrected chi connectivity index (χ0v) is 13.5. The topological polar surface area (TPSA) is 86.7 Å². The van der Waals surface area contributed by atoms with Crippen molar-refractivity contribution in [2.45, 2.75) is 44.6 Å². The second kappa shape index (κ2) is 8.86. The quantitative estimate of drug-likeness (QED) is 0.624. The minimum absolute atomic E-state index is 0.290. The van der Waals surface area contributed by atoms with Crippen molar-refractivity contribution in [3.63, 3.8) is 0 Å². The molecule has 20 heavy (non-hydrogen) atoms. The van der Waals surface area contributed by atoms with Gasteiger partial charge in [-0.15, -0.1) is 0 Å². The van der Waals surface area contributed by atoms with E-state index in [0.717, 1.165) is 42.2 Å². The van der Waals surface area contributed by atoms with Gasteiger partial charge in [0, 0.05) is 13.1 Å². The molecular weight excluding hydrogens is 300 g/mol. The molecule has 0 aromatic heterocycles. The second-order valence-electron chi connectivity index (χ2n) is 4.91. The fraction of sp³-hybridized carbons (Fsp3) is 0.917. The third-order valence-corrected chi connectivity index (χ3v) is 5.68. The van der Waals surface area contributed by atoms with E-state index in [1.165, 1.54) is 0 Å². The molecular formula is C12H24N2O4S2. The maximum atomic E-state index is 12.1. The smallest absolute Gasteiger partial charge is 0.322 e. The predicted molar refractivity (Wildman–Crippen MR) is 81.1 cm³/mol. The highest BCUT2D eigenvalue weighted by Gasteiger charge is 2.36. The highest BCUT2D eigenvalue weighted by molar-refractivity contribution is 7.98. The lowest BCUT2D eigenvalue weighted by atomic mass is 10.1. The first-order valence-electron chi connectivity index (χ1n) is 6.97. The first kappa shape index (κ1) is 17.7. The number of nitrogens with one attached hydrogen (secondary N) is 1. The Morgan fingerprint density at radius 1 is 1.35 bits per heavy atom. The van der Waals surface area contributed by atoms with Gasteiger partial charge in [0.1, 0.15) is 6.04 Å². The van der Waals surface area contributed by atoms with Crippen LogP contribution in [-0.4, -0.2) is 54.9 Å². The Morgan fingerprint density at radius 2 is 2.10 bits per heavy atom. The molecule has 2 N–H and O–H groups in total. The Labute approximate surface area is 125 Å². The molecule has 0 aromatic carbocycles. The SMILES string of the molecule is CSCCCCCNS(=O)(=O)N1CCCCC1C(=O)O. The van der Waals surface area contributed by atoms with Crippen LogP contribution in [0.2, 0.25) is 0 Å². The van der Waals surface area contributed by atoms with Gasteiger partial charge in [0.15, 0.2) is 0 Å². The van der Waals surface area contributed by atoms with Crippen LogP contribution in [0.15, 0.2) is 0 Å². The number of carboxylic acids is 1. The van der Waals surface area contributed by atoms with E-state index in [0.29, 0.717) is 19.5 Å². The van der Waals surface area contributed by atoms with E-state index in [1.807, 2.05) is 6.26 Å². The molecule has 0 aliphatic carbocycles. The number of nitrogens with zero attached hydrogens (tertiary/aromatic N) is 1. The molecule has 1 heterocycles. The first-order valence-corrected chi connectivity index (χ1v) is 9.80. The van der Waals surface area contributed by atoms with Crippen molar-refractivity contribution in [1.29, 1.82) is 0 Å². The molecule has 0 bridgehead atoms. The van der Waals surface area contributed by atoms with Gasteiger partial charge in [-0.25, -0.2) is 4.72 Å². The van der Waals surface area contributed by atoms with Crippen LogP contribution in [0.1, 0.15) is 38.5 Å². The lowest BCUT2D eigenvalue weighted by molar-refractivity contribution is -0.142. The van der Waals surface area contributed by atoms with Crippen molar-refractivity contribution in [2.24, 2.45) is 0 Å². The van der Waals surface area contributed by atoms with Crippen molar-refractivity contribution in [3.05, 3.63) is 0 Å². The maximum absolute atomic E-state index is 12.1. The normalized spacial score (nSPS) is 20.9. The second-order valence-corrected chi connectivity index (χ2v) is 7.61. The lowest BCUT2D eigenvalue weighted by Crippen LogP contribution is -2.52. The summed E-state index contributed by atoms with van der Waals surface area (Å²) in [5.74, 6) is 0.0232. The summed E-state index contributed by atoms with van der Waals surface area (Å²) in [5.41, 5.74) is 0. The van der Waals surface area contributed by atoms with Crippen LogP contribution in [-0.2, 0) is 15.0 Å². The molecule has 0 spiro atoms. The Hall–Kier alpha value is -0.310. The number of aliphatic carboxylic acids is 1. The van der Waals surface area contributed by atoms with Gasteiger partial charge >= 0.3 is 5.97 Å². The molecule has 118 valence electrons. The molecule has 8 heteroatoms. The summed E-state index contributed by atoms with van der Waals surface area (Å²) < 4.78 is 27.9. The van der Waals surface area contributed by atoms with E-state index in [1.54, 1.807) is 11.8 Å². The first-order chi connectivity index (χ1) is 9.49. The average Bonchev–Trinajstić information content (AvgIpc) is 2.42. The standard InChI is InChI=1S/C12H24N2O4S2/c1-19-10-6-2-4-8-13-20(17,18)14-9-5-3-7-11(14)12(15)16/h11,13H,2-10H2,1H3,(H,15,16). The van der Waals surface area contributed by atoms with Gasteiger partial charge in [0.05, 0.1) is 0 Å². The molecule has 1 unspecified atom stereocenters. The fourth-order valence-electron chi connectivity index (χ4n) is 2.27. The molecule has 0 saturated carbocycles. The minimum atomic E-state index is -3.67. The predicted octanol–water partition coefficient (Wildman–Crippen LogP) is 1.29. The molecule has 1 atom stereocenters. The van der Waals surface area contributed by atoms with Crippen LogP contribution in [0.3, 0.4) is 0 Å². The largest absolute Gasteiger partial charge is 0.480 e. The van der Waals surface area contributed by atoms with Gasteiger partial charge in [-0.1, -0.05) is 6.42 Å². The van der Waals surface area contributed by atoms with E-state index in [4.69, 9.17) is 5.11 Å². The summed E-state index contributed by atoms with van der Waals surface area (Å²) >= 11 is 1.78. The highest BCUT2D eigenvalue weighted by Crippen LogP contribution is 2.19. The summed E-state index contributed by atoms with van der Waals surface area (Å²) in [6.07, 6.45) is 6.76. The zero-order chi connectivity index (χ0) is 15.0. The van der Waals surface area contributed by atoms with Crippen LogP contribution in [0, 0.1) is 0 Å². The van der Waals surface area contributed by atoms with Gasteiger partial charge < -0.3 is 5.11 Å². The lowest BCUT2D eigenvalue weighted by Gasteiger charge is -2.31. The zero-order valence-electron chi connectivity index (χ0n) is 11.9. The van der Waals surface area contributed by atoms with Gasteiger partial charge in [-0.05, 0) is 44.1 Å². The van der Waals surface area contributed by atoms with Crippen molar-refractivity contribution >= 4 is 27.9 Å². The number of thioether (sulfide) groups is 1. The molecule has 1 saturated heterocycles. The number of hydrogen-bond acceptors (Lipinski definition) is 4. The van der Waals surface area contributed by atoms with Crippen LogP contribution in [0.5, 0.6) is 0 Å². The third kappa shape index (κ3) is 5.59. The molecule has 6 nitrogen and oxygen atoms in total. The van der Waals surface area contributed by atoms with E-state index in [-0.39, 0.29) is 0 Å². The van der Waals surface area contributed by atoms with Crippen LogP contribution in [0.25, 0.3) is 0 Å². The van der Waals surface area contributed by atoms with Crippen LogP contribution in [0.4, 0.5) is 0 Å². The number of carbonyl (C=O) groups is 1. The molecule has 1 fully saturated rings. The van der Waals surface area contributed by atoms with Gasteiger partial charge in [0.2, 0.25) is 0 Å². The molecule has 0 radical (unpaired) electrons. The number of unbranched alkanes of at least 4 members (excludes halogenated alkanes) is 2. The van der Waals surface area contributed by atoms with Crippen LogP contribution < -0.4 is 4.72 Å². The van der Waals surface area contributed by atoms with Crippen LogP contribution >= 0.6 is 11.8 Å². The van der Waals surface area contributed by atoms with E-state index >= 15 is 0 Å². The highest BCUT2D eigenvalue weighted by atomic mass is 32.2. The fourth-order valence-corrected chi connectivity index (χ4v) is 4.23. The monoisotopic (exact) mass is 324 g/mol. The van der Waals surface area contributed by atoms with Crippen molar-refractivity contribution in [1.82, 2.24) is 9.03 Å². The van der Waals surface area contributed by atoms with E-state index in [2.05, 4.69) is 4.72 Å². The number of carboxylic acid groups (broad SMARTS) is 1. The number of hydrogen-bond donors (Lipinski definition) is 2.